The van der Waals surface area contributed by atoms with Gasteiger partial charge in [0.15, 0.2) is 0 Å². The van der Waals surface area contributed by atoms with E-state index in [4.69, 9.17) is 21.1 Å². The Morgan fingerprint density at radius 1 is 0.872 bits per heavy atom. The third-order valence-electron chi connectivity index (χ3n) is 7.34. The van der Waals surface area contributed by atoms with E-state index in [-0.39, 0.29) is 36.6 Å². The summed E-state index contributed by atoms with van der Waals surface area (Å²) in [5.41, 5.74) is 4.71. The predicted octanol–water partition coefficient (Wildman–Crippen LogP) is 6.04. The lowest BCUT2D eigenvalue weighted by molar-refractivity contribution is -0.144. The number of hydrogen-bond acceptors (Lipinski definition) is 4. The van der Waals surface area contributed by atoms with Crippen LogP contribution in [0.4, 0.5) is 0 Å². The molecular weight excluding hydrogens is 514 g/mol. The van der Waals surface area contributed by atoms with Gasteiger partial charge in [-0.3, -0.25) is 9.59 Å². The van der Waals surface area contributed by atoms with E-state index in [1.807, 2.05) is 68.4 Å². The van der Waals surface area contributed by atoms with E-state index >= 15 is 0 Å². The van der Waals surface area contributed by atoms with Crippen molar-refractivity contribution in [3.63, 3.8) is 0 Å². The van der Waals surface area contributed by atoms with E-state index in [9.17, 15) is 14.7 Å². The normalized spacial score (nSPS) is 18.6. The molecule has 0 spiro atoms. The van der Waals surface area contributed by atoms with Gasteiger partial charge in [0.05, 0.1) is 0 Å². The van der Waals surface area contributed by atoms with E-state index in [2.05, 4.69) is 13.0 Å². The highest BCUT2D eigenvalue weighted by atomic mass is 35.5. The highest BCUT2D eigenvalue weighted by molar-refractivity contribution is 6.30. The van der Waals surface area contributed by atoms with Crippen molar-refractivity contribution >= 4 is 23.5 Å². The number of halogens is 1. The fourth-order valence-corrected chi connectivity index (χ4v) is 5.78. The zero-order valence-corrected chi connectivity index (χ0v) is 23.4. The molecule has 6 nitrogen and oxygen atoms in total. The van der Waals surface area contributed by atoms with Crippen LogP contribution in [0.3, 0.4) is 0 Å². The van der Waals surface area contributed by atoms with Crippen LogP contribution in [0.1, 0.15) is 55.0 Å². The summed E-state index contributed by atoms with van der Waals surface area (Å²) in [5, 5.41) is 10.2. The fourth-order valence-electron chi connectivity index (χ4n) is 5.65. The topological polar surface area (TPSA) is 76.1 Å². The van der Waals surface area contributed by atoms with Crippen LogP contribution in [0.2, 0.25) is 5.02 Å². The van der Waals surface area contributed by atoms with Crippen LogP contribution in [0.15, 0.2) is 60.7 Å². The molecule has 2 heterocycles. The van der Waals surface area contributed by atoms with Crippen molar-refractivity contribution in [2.75, 3.05) is 6.54 Å². The summed E-state index contributed by atoms with van der Waals surface area (Å²) < 4.78 is 12.3. The van der Waals surface area contributed by atoms with Crippen molar-refractivity contribution < 1.29 is 24.2 Å². The monoisotopic (exact) mass is 547 g/mol. The molecule has 0 bridgehead atoms. The van der Waals surface area contributed by atoms with Crippen LogP contribution in [-0.2, 0) is 41.8 Å². The molecule has 0 saturated carbocycles. The molecule has 1 atom stereocenters. The molecule has 0 radical (unpaired) electrons. The van der Waals surface area contributed by atoms with Gasteiger partial charge in [-0.15, -0.1) is 0 Å². The van der Waals surface area contributed by atoms with Gasteiger partial charge in [-0.2, -0.15) is 0 Å². The number of ether oxygens (including phenoxy) is 2. The van der Waals surface area contributed by atoms with Crippen molar-refractivity contribution in [3.8, 4) is 11.5 Å². The largest absolute Gasteiger partial charge is 0.487 e. The molecular formula is C32H34ClNO5. The average Bonchev–Trinajstić information content (AvgIpc) is 3.36. The van der Waals surface area contributed by atoms with E-state index in [0.717, 1.165) is 53.0 Å². The van der Waals surface area contributed by atoms with Gasteiger partial charge in [-0.05, 0) is 79.3 Å². The number of carbonyl (C=O) groups excluding carboxylic acids is 1. The lowest BCUT2D eigenvalue weighted by Gasteiger charge is -2.24. The predicted molar refractivity (Wildman–Crippen MR) is 151 cm³/mol. The van der Waals surface area contributed by atoms with Gasteiger partial charge in [0.2, 0.25) is 5.91 Å². The molecule has 0 unspecified atom stereocenters. The third kappa shape index (κ3) is 6.56. The quantitative estimate of drug-likeness (QED) is 0.354. The summed E-state index contributed by atoms with van der Waals surface area (Å²) in [6, 6.07) is 19.8. The second kappa shape index (κ2) is 10.6. The number of carboxylic acid groups (broad SMARTS) is 1. The summed E-state index contributed by atoms with van der Waals surface area (Å²) in [6.45, 7) is 6.11. The molecule has 2 aliphatic rings. The number of aliphatic carboxylic acids is 1. The molecule has 7 heteroatoms. The van der Waals surface area contributed by atoms with E-state index in [1.54, 1.807) is 0 Å². The molecule has 1 amide bonds. The van der Waals surface area contributed by atoms with Gasteiger partial charge in [-0.1, -0.05) is 48.0 Å². The zero-order chi connectivity index (χ0) is 27.8. The molecule has 1 N–H and O–H groups in total. The Labute approximate surface area is 234 Å². The molecule has 0 aliphatic carbocycles. The second-order valence-electron chi connectivity index (χ2n) is 11.6. The molecule has 3 aromatic carbocycles. The van der Waals surface area contributed by atoms with Crippen LogP contribution >= 0.6 is 11.6 Å². The Balaban J connectivity index is 1.21. The first-order valence-corrected chi connectivity index (χ1v) is 13.7. The fraction of sp³-hybridized carbons (Fsp3) is 0.375. The Bertz CT molecular complexity index is 1400. The SMILES string of the molecule is CC1(C)Cc2cc(CN(CC(=O)O)C(=O)CCc3ccc4c(c3)C[C@@](C)(Cc3ccc(Cl)cc3)O4)ccc2O1. The number of hydrogen-bond donors (Lipinski definition) is 1. The van der Waals surface area contributed by atoms with Crippen molar-refractivity contribution in [1.29, 1.82) is 0 Å². The smallest absolute Gasteiger partial charge is 0.323 e. The highest BCUT2D eigenvalue weighted by Crippen LogP contribution is 2.38. The van der Waals surface area contributed by atoms with Gasteiger partial charge in [0.25, 0.3) is 0 Å². The van der Waals surface area contributed by atoms with Crippen molar-refractivity contribution in [2.45, 2.75) is 70.6 Å². The summed E-state index contributed by atoms with van der Waals surface area (Å²) in [6.07, 6.45) is 3.09. The molecule has 39 heavy (non-hydrogen) atoms. The van der Waals surface area contributed by atoms with E-state index in [0.29, 0.717) is 11.4 Å². The maximum atomic E-state index is 13.2. The first-order valence-electron chi connectivity index (χ1n) is 13.3. The van der Waals surface area contributed by atoms with Crippen molar-refractivity contribution in [1.82, 2.24) is 4.90 Å². The third-order valence-corrected chi connectivity index (χ3v) is 7.60. The van der Waals surface area contributed by atoms with Gasteiger partial charge in [0, 0.05) is 37.3 Å². The minimum atomic E-state index is -1.02. The van der Waals surface area contributed by atoms with Crippen LogP contribution in [0.25, 0.3) is 0 Å². The minimum absolute atomic E-state index is 0.182. The van der Waals surface area contributed by atoms with Gasteiger partial charge < -0.3 is 19.5 Å². The zero-order valence-electron chi connectivity index (χ0n) is 22.6. The number of fused-ring (bicyclic) bond motifs is 2. The molecule has 0 saturated heterocycles. The molecule has 5 rings (SSSR count). The van der Waals surface area contributed by atoms with E-state index in [1.165, 1.54) is 10.5 Å². The lowest BCUT2D eigenvalue weighted by atomic mass is 9.91. The molecule has 0 aromatic heterocycles. The number of benzene rings is 3. The average molecular weight is 548 g/mol. The number of nitrogens with zero attached hydrogens (tertiary/aromatic N) is 1. The lowest BCUT2D eigenvalue weighted by Crippen LogP contribution is -2.35. The van der Waals surface area contributed by atoms with Crippen LogP contribution in [-0.4, -0.2) is 39.6 Å². The number of amides is 1. The maximum Gasteiger partial charge on any atom is 0.323 e. The van der Waals surface area contributed by atoms with Gasteiger partial charge in [-0.25, -0.2) is 0 Å². The van der Waals surface area contributed by atoms with Gasteiger partial charge in [0.1, 0.15) is 29.2 Å². The van der Waals surface area contributed by atoms with Crippen LogP contribution in [0, 0.1) is 0 Å². The molecule has 204 valence electrons. The number of aryl methyl sites for hydroxylation is 1. The van der Waals surface area contributed by atoms with Crippen molar-refractivity contribution in [2.24, 2.45) is 0 Å². The number of rotatable bonds is 9. The number of carboxylic acids is 1. The first kappa shape index (κ1) is 27.1. The molecule has 3 aromatic rings. The molecule has 2 aliphatic heterocycles. The first-order chi connectivity index (χ1) is 18.5. The number of carbonyl (C=O) groups is 2. The summed E-state index contributed by atoms with van der Waals surface area (Å²) in [5.74, 6) is 0.518. The Morgan fingerprint density at radius 2 is 1.49 bits per heavy atom. The summed E-state index contributed by atoms with van der Waals surface area (Å²) in [4.78, 5) is 26.1. The highest BCUT2D eigenvalue weighted by Gasteiger charge is 2.35. The van der Waals surface area contributed by atoms with Crippen LogP contribution < -0.4 is 9.47 Å². The summed E-state index contributed by atoms with van der Waals surface area (Å²) in [7, 11) is 0. The molecule has 0 fully saturated rings. The second-order valence-corrected chi connectivity index (χ2v) is 12.0. The van der Waals surface area contributed by atoms with E-state index < -0.39 is 5.97 Å². The standard InChI is InChI=1S/C32H34ClNO5/c1-31(2)17-24-15-23(7-12-27(24)38-31)19-34(20-30(36)37)29(35)13-8-21-6-11-28-25(14-21)18-32(3,39-28)16-22-4-9-26(33)10-5-22/h4-7,9-12,14-15H,8,13,16-20H2,1-3H3,(H,36,37)/t32-/m1/s1. The Kier molecular flexibility index (Phi) is 7.34. The summed E-state index contributed by atoms with van der Waals surface area (Å²) >= 11 is 6.03. The van der Waals surface area contributed by atoms with Gasteiger partial charge >= 0.3 is 5.97 Å². The van der Waals surface area contributed by atoms with Crippen LogP contribution in [0.5, 0.6) is 11.5 Å². The van der Waals surface area contributed by atoms with Crippen molar-refractivity contribution in [3.05, 3.63) is 93.5 Å². The Hall–Kier alpha value is -3.51. The maximum absolute atomic E-state index is 13.2. The Morgan fingerprint density at radius 3 is 2.21 bits per heavy atom. The minimum Gasteiger partial charge on any atom is -0.487 e.